The number of aryl methyl sites for hydroxylation is 1. The number of ether oxygens (including phenoxy) is 1. The molecule has 0 saturated heterocycles. The largest absolute Gasteiger partial charge is 0.465 e. The molecule has 0 N–H and O–H groups in total. The van der Waals surface area contributed by atoms with E-state index in [1.807, 2.05) is 26.8 Å². The van der Waals surface area contributed by atoms with E-state index < -0.39 is 11.8 Å². The number of carbonyl (C=O) groups is 1. The highest BCUT2D eigenvalue weighted by Crippen LogP contribution is 2.29. The van der Waals surface area contributed by atoms with E-state index in [1.165, 1.54) is 18.7 Å². The van der Waals surface area contributed by atoms with Crippen molar-refractivity contribution < 1.29 is 13.9 Å². The lowest BCUT2D eigenvalue weighted by Crippen LogP contribution is -2.37. The van der Waals surface area contributed by atoms with Crippen molar-refractivity contribution in [3.63, 3.8) is 0 Å². The Kier molecular flexibility index (Phi) is 10.4. The van der Waals surface area contributed by atoms with Crippen LogP contribution in [0.1, 0.15) is 61.3 Å². The number of hydrogen-bond acceptors (Lipinski definition) is 4. The first-order chi connectivity index (χ1) is 15.7. The van der Waals surface area contributed by atoms with Crippen molar-refractivity contribution in [1.82, 2.24) is 9.88 Å². The Bertz CT molecular complexity index is 1020. The minimum absolute atomic E-state index is 0.220. The van der Waals surface area contributed by atoms with E-state index in [9.17, 15) is 9.18 Å². The Balaban J connectivity index is 0.00000187. The second-order valence-corrected chi connectivity index (χ2v) is 9.22. The topological polar surface area (TPSA) is 42.4 Å². The molecule has 1 aliphatic rings. The van der Waals surface area contributed by atoms with Crippen LogP contribution in [0.25, 0.3) is 11.6 Å². The van der Waals surface area contributed by atoms with Crippen molar-refractivity contribution in [3.8, 4) is 0 Å². The monoisotopic (exact) mass is 534 g/mol. The zero-order valence-electron chi connectivity index (χ0n) is 20.2. The summed E-state index contributed by atoms with van der Waals surface area (Å²) >= 11 is 3.61. The Labute approximate surface area is 207 Å². The molecule has 2 atom stereocenters. The molecule has 0 bridgehead atoms. The molecule has 1 aromatic carbocycles. The van der Waals surface area contributed by atoms with E-state index in [0.717, 1.165) is 40.8 Å². The van der Waals surface area contributed by atoms with Crippen LogP contribution < -0.4 is 5.30 Å². The SMILES string of the molecule is CC.COC(=O)c1cc(F)c(C2=CCN(C(C)/C(C)=C/c3c(Br)ccnc3C)CC2)c(P)c1. The highest BCUT2D eigenvalue weighted by molar-refractivity contribution is 9.10. The van der Waals surface area contributed by atoms with Gasteiger partial charge in [0.05, 0.1) is 12.7 Å². The fraction of sp³-hybridized carbons (Fsp3) is 0.385. The predicted molar refractivity (Wildman–Crippen MR) is 142 cm³/mol. The fourth-order valence-corrected chi connectivity index (χ4v) is 4.84. The average molecular weight is 535 g/mol. The maximum atomic E-state index is 14.8. The summed E-state index contributed by atoms with van der Waals surface area (Å²) in [6.45, 7) is 11.9. The molecule has 7 heteroatoms. The minimum atomic E-state index is -0.537. The number of benzene rings is 1. The van der Waals surface area contributed by atoms with Crippen LogP contribution in [0, 0.1) is 12.7 Å². The van der Waals surface area contributed by atoms with Gasteiger partial charge in [-0.05, 0) is 56.3 Å². The fourth-order valence-electron chi connectivity index (χ4n) is 3.82. The molecule has 0 amide bonds. The van der Waals surface area contributed by atoms with E-state index >= 15 is 0 Å². The Morgan fingerprint density at radius 3 is 2.61 bits per heavy atom. The summed E-state index contributed by atoms with van der Waals surface area (Å²) in [5.41, 5.74) is 5.08. The lowest BCUT2D eigenvalue weighted by atomic mass is 9.95. The third-order valence-corrected chi connectivity index (χ3v) is 6.97. The summed E-state index contributed by atoms with van der Waals surface area (Å²) in [4.78, 5) is 18.5. The van der Waals surface area contributed by atoms with Gasteiger partial charge >= 0.3 is 5.97 Å². The van der Waals surface area contributed by atoms with Gasteiger partial charge in [-0.15, -0.1) is 9.24 Å². The molecule has 178 valence electrons. The first kappa shape index (κ1) is 27.4. The molecule has 1 aliphatic heterocycles. The van der Waals surface area contributed by atoms with Crippen molar-refractivity contribution in [1.29, 1.82) is 0 Å². The number of pyridine rings is 1. The van der Waals surface area contributed by atoms with Crippen molar-refractivity contribution in [2.24, 2.45) is 0 Å². The number of hydrogen-bond donors (Lipinski definition) is 0. The molecular formula is C26H33BrFN2O2P. The Hall–Kier alpha value is -1.88. The van der Waals surface area contributed by atoms with Gasteiger partial charge < -0.3 is 4.74 Å². The van der Waals surface area contributed by atoms with Gasteiger partial charge in [-0.3, -0.25) is 9.88 Å². The Morgan fingerprint density at radius 1 is 1.36 bits per heavy atom. The molecule has 0 fully saturated rings. The molecule has 0 spiro atoms. The van der Waals surface area contributed by atoms with E-state index in [-0.39, 0.29) is 11.6 Å². The van der Waals surface area contributed by atoms with Crippen LogP contribution in [0.4, 0.5) is 4.39 Å². The molecule has 3 rings (SSSR count). The van der Waals surface area contributed by atoms with Gasteiger partial charge in [0.1, 0.15) is 5.82 Å². The summed E-state index contributed by atoms with van der Waals surface area (Å²) < 4.78 is 20.5. The van der Waals surface area contributed by atoms with E-state index in [4.69, 9.17) is 4.74 Å². The van der Waals surface area contributed by atoms with Crippen LogP contribution >= 0.6 is 25.2 Å². The number of methoxy groups -OCH3 is 1. The molecule has 2 unspecified atom stereocenters. The lowest BCUT2D eigenvalue weighted by molar-refractivity contribution is 0.0600. The van der Waals surface area contributed by atoms with Crippen LogP contribution in [0.15, 0.2) is 40.5 Å². The standard InChI is InChI=1S/C24H27BrFN2O2P.C2H6/c1-14(11-19-15(2)27-8-5-20(19)25)16(3)28-9-6-17(7-10-28)23-21(26)12-18(13-22(23)31)24(29)30-4;1-2/h5-6,8,11-13,16H,7,9-10,31H2,1-4H3;1-2H3/b14-11+;. The third kappa shape index (κ3) is 6.59. The highest BCUT2D eigenvalue weighted by Gasteiger charge is 2.23. The van der Waals surface area contributed by atoms with Gasteiger partial charge in [0, 0.05) is 46.6 Å². The Morgan fingerprint density at radius 2 is 2.06 bits per heavy atom. The van der Waals surface area contributed by atoms with Crippen LogP contribution in [-0.4, -0.2) is 42.1 Å². The van der Waals surface area contributed by atoms with Gasteiger partial charge in [-0.2, -0.15) is 0 Å². The first-order valence-corrected chi connectivity index (χ1v) is 12.5. The number of nitrogens with zero attached hydrogens (tertiary/aromatic N) is 2. The highest BCUT2D eigenvalue weighted by atomic mass is 79.9. The number of halogens is 2. The van der Waals surface area contributed by atoms with E-state index in [1.54, 1.807) is 12.3 Å². The van der Waals surface area contributed by atoms with Crippen molar-refractivity contribution >= 4 is 48.1 Å². The zero-order chi connectivity index (χ0) is 24.7. The van der Waals surface area contributed by atoms with Gasteiger partial charge in [0.2, 0.25) is 0 Å². The first-order valence-electron chi connectivity index (χ1n) is 11.1. The lowest BCUT2D eigenvalue weighted by Gasteiger charge is -2.33. The molecular weight excluding hydrogens is 502 g/mol. The average Bonchev–Trinajstić information content (AvgIpc) is 2.81. The quantitative estimate of drug-likeness (QED) is 0.339. The molecule has 1 aromatic heterocycles. The van der Waals surface area contributed by atoms with Crippen LogP contribution in [0.5, 0.6) is 0 Å². The smallest absolute Gasteiger partial charge is 0.337 e. The van der Waals surface area contributed by atoms with Crippen molar-refractivity contribution in [3.05, 3.63) is 68.7 Å². The maximum absolute atomic E-state index is 14.8. The summed E-state index contributed by atoms with van der Waals surface area (Å²) in [7, 11) is 3.84. The predicted octanol–water partition coefficient (Wildman–Crippen LogP) is 6.19. The molecule has 2 aromatic rings. The van der Waals surface area contributed by atoms with Crippen LogP contribution in [-0.2, 0) is 4.74 Å². The van der Waals surface area contributed by atoms with E-state index in [0.29, 0.717) is 10.9 Å². The number of carbonyl (C=O) groups excluding carboxylic acids is 1. The normalized spacial score (nSPS) is 15.3. The minimum Gasteiger partial charge on any atom is -0.465 e. The van der Waals surface area contributed by atoms with Crippen LogP contribution in [0.3, 0.4) is 0 Å². The van der Waals surface area contributed by atoms with Crippen molar-refractivity contribution in [2.45, 2.75) is 47.1 Å². The molecule has 0 saturated carbocycles. The second kappa shape index (κ2) is 12.5. The molecule has 2 heterocycles. The number of rotatable bonds is 5. The van der Waals surface area contributed by atoms with E-state index in [2.05, 4.69) is 61.1 Å². The molecule has 0 aliphatic carbocycles. The van der Waals surface area contributed by atoms with Gasteiger partial charge in [-0.1, -0.05) is 47.5 Å². The summed E-state index contributed by atoms with van der Waals surface area (Å²) in [5.74, 6) is -0.932. The summed E-state index contributed by atoms with van der Waals surface area (Å²) in [6.07, 6.45) is 6.80. The third-order valence-electron chi connectivity index (χ3n) is 5.82. The summed E-state index contributed by atoms with van der Waals surface area (Å²) in [5, 5.41) is 0.668. The second-order valence-electron chi connectivity index (χ2n) is 7.74. The van der Waals surface area contributed by atoms with Gasteiger partial charge in [0.25, 0.3) is 0 Å². The van der Waals surface area contributed by atoms with Gasteiger partial charge in [-0.25, -0.2) is 9.18 Å². The molecule has 4 nitrogen and oxygen atoms in total. The number of esters is 1. The molecule has 33 heavy (non-hydrogen) atoms. The maximum Gasteiger partial charge on any atom is 0.337 e. The van der Waals surface area contributed by atoms with Gasteiger partial charge in [0.15, 0.2) is 0 Å². The van der Waals surface area contributed by atoms with Crippen molar-refractivity contribution in [2.75, 3.05) is 20.2 Å². The van der Waals surface area contributed by atoms with Crippen LogP contribution in [0.2, 0.25) is 0 Å². The number of aromatic nitrogens is 1. The molecule has 0 radical (unpaired) electrons. The summed E-state index contributed by atoms with van der Waals surface area (Å²) in [6, 6.07) is 5.11. The zero-order valence-corrected chi connectivity index (χ0v) is 22.9.